The molecule has 0 heterocycles. The van der Waals surface area contributed by atoms with Crippen LogP contribution >= 0.6 is 0 Å². The summed E-state index contributed by atoms with van der Waals surface area (Å²) in [6, 6.07) is 0.237. The highest BCUT2D eigenvalue weighted by atomic mass is 16.4. The van der Waals surface area contributed by atoms with Crippen molar-refractivity contribution in [3.05, 3.63) is 0 Å². The standard InChI is InChI=1S/C13H29N3O2/c1-11(10-13(2,14-3)12(17)18)16(6)9-7-8-15(4)5/h11,14H,7-10H2,1-6H3,(H,17,18). The molecule has 0 aromatic rings. The van der Waals surface area contributed by atoms with Crippen LogP contribution in [0.3, 0.4) is 0 Å². The Hall–Kier alpha value is -0.650. The van der Waals surface area contributed by atoms with Crippen LogP contribution in [0, 0.1) is 0 Å². The van der Waals surface area contributed by atoms with Gasteiger partial charge in [0.15, 0.2) is 0 Å². The summed E-state index contributed by atoms with van der Waals surface area (Å²) in [5.74, 6) is -0.793. The van der Waals surface area contributed by atoms with Gasteiger partial charge in [-0.3, -0.25) is 4.79 Å². The molecular formula is C13H29N3O2. The van der Waals surface area contributed by atoms with Gasteiger partial charge in [0.25, 0.3) is 0 Å². The normalized spacial score (nSPS) is 16.9. The molecule has 0 spiro atoms. The minimum absolute atomic E-state index is 0.237. The Labute approximate surface area is 111 Å². The van der Waals surface area contributed by atoms with Crippen LogP contribution < -0.4 is 5.32 Å². The highest BCUT2D eigenvalue weighted by Gasteiger charge is 2.33. The Kier molecular flexibility index (Phi) is 7.43. The number of likely N-dealkylation sites (N-methyl/N-ethyl adjacent to an activating group) is 1. The summed E-state index contributed by atoms with van der Waals surface area (Å²) in [6.45, 7) is 5.85. The minimum atomic E-state index is -0.852. The largest absolute Gasteiger partial charge is 0.480 e. The number of carbonyl (C=O) groups is 1. The summed E-state index contributed by atoms with van der Waals surface area (Å²) in [5.41, 5.74) is -0.852. The fourth-order valence-electron chi connectivity index (χ4n) is 1.90. The van der Waals surface area contributed by atoms with Crippen molar-refractivity contribution in [3.63, 3.8) is 0 Å². The minimum Gasteiger partial charge on any atom is -0.480 e. The predicted octanol–water partition coefficient (Wildman–Crippen LogP) is 0.711. The van der Waals surface area contributed by atoms with Crippen LogP contribution in [-0.4, -0.2) is 73.7 Å². The molecule has 18 heavy (non-hydrogen) atoms. The number of carboxylic acids is 1. The first-order valence-corrected chi connectivity index (χ1v) is 6.50. The van der Waals surface area contributed by atoms with Gasteiger partial charge < -0.3 is 20.2 Å². The molecule has 0 radical (unpaired) electrons. The number of hydrogen-bond acceptors (Lipinski definition) is 4. The molecule has 108 valence electrons. The molecular weight excluding hydrogens is 230 g/mol. The molecule has 0 aromatic heterocycles. The van der Waals surface area contributed by atoms with Gasteiger partial charge in [0.1, 0.15) is 5.54 Å². The van der Waals surface area contributed by atoms with Crippen molar-refractivity contribution in [2.75, 3.05) is 41.3 Å². The van der Waals surface area contributed by atoms with Gasteiger partial charge in [0, 0.05) is 6.04 Å². The van der Waals surface area contributed by atoms with Crippen molar-refractivity contribution in [3.8, 4) is 0 Å². The summed E-state index contributed by atoms with van der Waals surface area (Å²) in [6.07, 6.45) is 1.69. The Morgan fingerprint density at radius 2 is 1.89 bits per heavy atom. The number of nitrogens with one attached hydrogen (secondary N) is 1. The van der Waals surface area contributed by atoms with Crippen molar-refractivity contribution in [2.45, 2.75) is 38.3 Å². The highest BCUT2D eigenvalue weighted by Crippen LogP contribution is 2.15. The lowest BCUT2D eigenvalue weighted by Crippen LogP contribution is -2.51. The first kappa shape index (κ1) is 17.4. The van der Waals surface area contributed by atoms with Crippen LogP contribution in [-0.2, 0) is 4.79 Å². The van der Waals surface area contributed by atoms with Crippen molar-refractivity contribution < 1.29 is 9.90 Å². The summed E-state index contributed by atoms with van der Waals surface area (Å²) < 4.78 is 0. The van der Waals surface area contributed by atoms with E-state index in [1.165, 1.54) is 0 Å². The fourth-order valence-corrected chi connectivity index (χ4v) is 1.90. The molecule has 0 saturated carbocycles. The second-order valence-electron chi connectivity index (χ2n) is 5.58. The van der Waals surface area contributed by atoms with Crippen LogP contribution in [0.4, 0.5) is 0 Å². The SMILES string of the molecule is CNC(C)(CC(C)N(C)CCCN(C)C)C(=O)O. The van der Waals surface area contributed by atoms with Gasteiger partial charge in [0.05, 0.1) is 0 Å². The smallest absolute Gasteiger partial charge is 0.323 e. The number of nitrogens with zero attached hydrogens (tertiary/aromatic N) is 2. The molecule has 5 nitrogen and oxygen atoms in total. The molecule has 5 heteroatoms. The van der Waals surface area contributed by atoms with Crippen LogP contribution in [0.5, 0.6) is 0 Å². The summed E-state index contributed by atoms with van der Waals surface area (Å²) >= 11 is 0. The van der Waals surface area contributed by atoms with Crippen molar-refractivity contribution in [2.24, 2.45) is 0 Å². The van der Waals surface area contributed by atoms with Crippen LogP contribution in [0.2, 0.25) is 0 Å². The van der Waals surface area contributed by atoms with Crippen molar-refractivity contribution >= 4 is 5.97 Å². The lowest BCUT2D eigenvalue weighted by molar-refractivity contribution is -0.144. The molecule has 2 atom stereocenters. The van der Waals surface area contributed by atoms with Gasteiger partial charge in [-0.2, -0.15) is 0 Å². The number of carboxylic acid groups (broad SMARTS) is 1. The van der Waals surface area contributed by atoms with Gasteiger partial charge in [0.2, 0.25) is 0 Å². The molecule has 0 amide bonds. The average Bonchev–Trinajstić information content (AvgIpc) is 2.27. The quantitative estimate of drug-likeness (QED) is 0.639. The first-order chi connectivity index (χ1) is 8.23. The molecule has 0 aromatic carbocycles. The summed E-state index contributed by atoms with van der Waals surface area (Å²) in [7, 11) is 7.88. The maximum atomic E-state index is 11.2. The van der Waals surface area contributed by atoms with Crippen LogP contribution in [0.15, 0.2) is 0 Å². The van der Waals surface area contributed by atoms with E-state index in [0.29, 0.717) is 6.42 Å². The van der Waals surface area contributed by atoms with Crippen LogP contribution in [0.1, 0.15) is 26.7 Å². The van der Waals surface area contributed by atoms with Crippen molar-refractivity contribution in [1.82, 2.24) is 15.1 Å². The molecule has 0 bridgehead atoms. The van der Waals surface area contributed by atoms with E-state index in [-0.39, 0.29) is 6.04 Å². The Morgan fingerprint density at radius 1 is 1.33 bits per heavy atom. The number of aliphatic carboxylic acids is 1. The summed E-state index contributed by atoms with van der Waals surface area (Å²) in [5, 5.41) is 12.1. The zero-order valence-corrected chi connectivity index (χ0v) is 12.7. The average molecular weight is 259 g/mol. The Bertz CT molecular complexity index is 259. The topological polar surface area (TPSA) is 55.8 Å². The van der Waals surface area contributed by atoms with Gasteiger partial charge in [-0.25, -0.2) is 0 Å². The second kappa shape index (κ2) is 7.71. The van der Waals surface area contributed by atoms with E-state index < -0.39 is 11.5 Å². The zero-order valence-electron chi connectivity index (χ0n) is 12.7. The highest BCUT2D eigenvalue weighted by molar-refractivity contribution is 5.78. The third kappa shape index (κ3) is 5.80. The van der Waals surface area contributed by atoms with E-state index in [9.17, 15) is 9.90 Å². The number of hydrogen-bond donors (Lipinski definition) is 2. The lowest BCUT2D eigenvalue weighted by atomic mass is 9.93. The second-order valence-corrected chi connectivity index (χ2v) is 5.58. The Balaban J connectivity index is 4.21. The first-order valence-electron chi connectivity index (χ1n) is 6.50. The molecule has 2 N–H and O–H groups in total. The maximum absolute atomic E-state index is 11.2. The molecule has 0 rings (SSSR count). The van der Waals surface area contributed by atoms with Gasteiger partial charge in [-0.1, -0.05) is 0 Å². The predicted molar refractivity (Wildman–Crippen MR) is 75.0 cm³/mol. The maximum Gasteiger partial charge on any atom is 0.323 e. The van der Waals surface area contributed by atoms with Gasteiger partial charge in [-0.05, 0) is 68.0 Å². The van der Waals surface area contributed by atoms with E-state index in [1.54, 1.807) is 14.0 Å². The van der Waals surface area contributed by atoms with E-state index in [4.69, 9.17) is 0 Å². The molecule has 0 aliphatic heterocycles. The molecule has 0 aliphatic carbocycles. The van der Waals surface area contributed by atoms with Gasteiger partial charge >= 0.3 is 5.97 Å². The third-order valence-corrected chi connectivity index (χ3v) is 3.60. The fraction of sp³-hybridized carbons (Fsp3) is 0.923. The monoisotopic (exact) mass is 259 g/mol. The molecule has 2 unspecified atom stereocenters. The van der Waals surface area contributed by atoms with Crippen LogP contribution in [0.25, 0.3) is 0 Å². The Morgan fingerprint density at radius 3 is 2.28 bits per heavy atom. The molecule has 0 saturated heterocycles. The van der Waals surface area contributed by atoms with E-state index in [1.807, 2.05) is 0 Å². The lowest BCUT2D eigenvalue weighted by Gasteiger charge is -2.32. The third-order valence-electron chi connectivity index (χ3n) is 3.60. The summed E-state index contributed by atoms with van der Waals surface area (Å²) in [4.78, 5) is 15.6. The molecule has 0 fully saturated rings. The number of rotatable bonds is 9. The van der Waals surface area contributed by atoms with E-state index in [0.717, 1.165) is 19.5 Å². The van der Waals surface area contributed by atoms with E-state index >= 15 is 0 Å². The van der Waals surface area contributed by atoms with Crippen molar-refractivity contribution in [1.29, 1.82) is 0 Å². The van der Waals surface area contributed by atoms with Gasteiger partial charge in [-0.15, -0.1) is 0 Å². The van der Waals surface area contributed by atoms with E-state index in [2.05, 4.69) is 43.2 Å². The molecule has 0 aliphatic rings. The zero-order chi connectivity index (χ0) is 14.3.